The topological polar surface area (TPSA) is 9.23 Å². The first-order valence-corrected chi connectivity index (χ1v) is 13.2. The van der Waals surface area contributed by atoms with Gasteiger partial charge in [-0.3, -0.25) is 0 Å². The smallest absolute Gasteiger partial charge is 0.200 e. The van der Waals surface area contributed by atoms with E-state index >= 15 is 0 Å². The van der Waals surface area contributed by atoms with E-state index in [4.69, 9.17) is 4.74 Å². The van der Waals surface area contributed by atoms with Crippen LogP contribution in [0.2, 0.25) is 0 Å². The van der Waals surface area contributed by atoms with Gasteiger partial charge in [0, 0.05) is 0 Å². The van der Waals surface area contributed by atoms with Gasteiger partial charge in [0.15, 0.2) is 11.6 Å². The summed E-state index contributed by atoms with van der Waals surface area (Å²) in [4.78, 5) is 0. The van der Waals surface area contributed by atoms with E-state index in [-0.39, 0.29) is 5.75 Å². The van der Waals surface area contributed by atoms with E-state index in [1.807, 2.05) is 0 Å². The van der Waals surface area contributed by atoms with E-state index < -0.39 is 11.6 Å². The van der Waals surface area contributed by atoms with E-state index in [2.05, 4.69) is 13.8 Å². The third-order valence-electron chi connectivity index (χ3n) is 8.07. The van der Waals surface area contributed by atoms with Crippen molar-refractivity contribution in [2.75, 3.05) is 6.61 Å². The van der Waals surface area contributed by atoms with Gasteiger partial charge in [0.05, 0.1) is 6.61 Å². The van der Waals surface area contributed by atoms with Crippen LogP contribution in [0.5, 0.6) is 5.75 Å². The molecule has 0 atom stereocenters. The van der Waals surface area contributed by atoms with Crippen molar-refractivity contribution in [2.45, 2.75) is 110 Å². The Kier molecular flexibility index (Phi) is 10.1. The molecule has 0 bridgehead atoms. The highest BCUT2D eigenvalue weighted by molar-refractivity contribution is 5.31. The third kappa shape index (κ3) is 7.19. The molecule has 1 aromatic rings. The Hall–Kier alpha value is -1.12. The maximum Gasteiger partial charge on any atom is 0.200 e. The molecular formula is C28H44F2O. The van der Waals surface area contributed by atoms with Crippen molar-refractivity contribution < 1.29 is 13.5 Å². The van der Waals surface area contributed by atoms with Crippen molar-refractivity contribution >= 4 is 0 Å². The van der Waals surface area contributed by atoms with E-state index in [0.29, 0.717) is 24.5 Å². The largest absolute Gasteiger partial charge is 0.490 e. The minimum absolute atomic E-state index is 0.0845. The normalized spacial score (nSPS) is 26.7. The van der Waals surface area contributed by atoms with Gasteiger partial charge in [-0.25, -0.2) is 4.39 Å². The summed E-state index contributed by atoms with van der Waals surface area (Å²) in [5.41, 5.74) is 0.465. The number of ether oxygens (including phenoxy) is 1. The Morgan fingerprint density at radius 1 is 0.742 bits per heavy atom. The molecule has 2 aliphatic rings. The molecule has 0 aromatic heterocycles. The Labute approximate surface area is 189 Å². The Balaban J connectivity index is 1.38. The zero-order valence-electron chi connectivity index (χ0n) is 19.9. The van der Waals surface area contributed by atoms with Crippen molar-refractivity contribution in [2.24, 2.45) is 23.7 Å². The number of halogens is 2. The maximum atomic E-state index is 14.4. The third-order valence-corrected chi connectivity index (χ3v) is 8.07. The summed E-state index contributed by atoms with van der Waals surface area (Å²) in [7, 11) is 0. The molecule has 0 radical (unpaired) electrons. The molecule has 2 saturated carbocycles. The molecule has 31 heavy (non-hydrogen) atoms. The quantitative estimate of drug-likeness (QED) is 0.316. The fraction of sp³-hybridized carbons (Fsp3) is 0.786. The summed E-state index contributed by atoms with van der Waals surface area (Å²) in [6.07, 6.45) is 18.7. The lowest BCUT2D eigenvalue weighted by Crippen LogP contribution is -2.27. The van der Waals surface area contributed by atoms with Gasteiger partial charge in [-0.1, -0.05) is 64.9 Å². The minimum Gasteiger partial charge on any atom is -0.490 e. The number of benzene rings is 1. The second-order valence-corrected chi connectivity index (χ2v) is 10.3. The zero-order valence-corrected chi connectivity index (χ0v) is 19.9. The number of unbranched alkanes of at least 4 members (excludes halogenated alkanes) is 3. The van der Waals surface area contributed by atoms with Crippen LogP contribution in [0.4, 0.5) is 8.78 Å². The van der Waals surface area contributed by atoms with Crippen molar-refractivity contribution in [3.63, 3.8) is 0 Å². The average Bonchev–Trinajstić information content (AvgIpc) is 2.80. The van der Waals surface area contributed by atoms with Gasteiger partial charge in [0.2, 0.25) is 5.82 Å². The molecule has 2 fully saturated rings. The van der Waals surface area contributed by atoms with E-state index in [1.54, 1.807) is 12.1 Å². The fourth-order valence-electron chi connectivity index (χ4n) is 5.91. The monoisotopic (exact) mass is 434 g/mol. The van der Waals surface area contributed by atoms with Gasteiger partial charge in [0.25, 0.3) is 0 Å². The van der Waals surface area contributed by atoms with Crippen molar-refractivity contribution in [1.82, 2.24) is 0 Å². The second kappa shape index (κ2) is 12.8. The van der Waals surface area contributed by atoms with Crippen LogP contribution in [0.3, 0.4) is 0 Å². The van der Waals surface area contributed by atoms with Crippen LogP contribution in [0.15, 0.2) is 12.1 Å². The summed E-state index contributed by atoms with van der Waals surface area (Å²) in [6, 6.07) is 3.31. The summed E-state index contributed by atoms with van der Waals surface area (Å²) in [5, 5.41) is 0. The number of hydrogen-bond acceptors (Lipinski definition) is 1. The van der Waals surface area contributed by atoms with Gasteiger partial charge in [0.1, 0.15) is 0 Å². The van der Waals surface area contributed by atoms with Gasteiger partial charge in [-0.15, -0.1) is 0 Å². The first-order valence-electron chi connectivity index (χ1n) is 13.2. The zero-order chi connectivity index (χ0) is 22.1. The van der Waals surface area contributed by atoms with Crippen LogP contribution in [0.1, 0.15) is 109 Å². The Bertz CT molecular complexity index is 643. The summed E-state index contributed by atoms with van der Waals surface area (Å²) < 4.78 is 34.4. The van der Waals surface area contributed by atoms with Gasteiger partial charge in [-0.2, -0.15) is 4.39 Å². The van der Waals surface area contributed by atoms with Crippen LogP contribution in [0, 0.1) is 35.3 Å². The van der Waals surface area contributed by atoms with E-state index in [1.165, 1.54) is 77.0 Å². The number of rotatable bonds is 11. The molecule has 3 rings (SSSR count). The van der Waals surface area contributed by atoms with Crippen LogP contribution in [0.25, 0.3) is 0 Å². The van der Waals surface area contributed by atoms with Crippen molar-refractivity contribution in [3.05, 3.63) is 29.3 Å². The van der Waals surface area contributed by atoms with Crippen molar-refractivity contribution in [1.29, 1.82) is 0 Å². The Morgan fingerprint density at radius 3 is 1.97 bits per heavy atom. The first-order chi connectivity index (χ1) is 15.1. The van der Waals surface area contributed by atoms with Gasteiger partial charge >= 0.3 is 0 Å². The minimum atomic E-state index is -0.807. The molecule has 0 unspecified atom stereocenters. The number of aryl methyl sites for hydroxylation is 1. The Morgan fingerprint density at radius 2 is 1.35 bits per heavy atom. The molecule has 0 heterocycles. The maximum absolute atomic E-state index is 14.4. The van der Waals surface area contributed by atoms with Crippen LogP contribution in [-0.4, -0.2) is 6.61 Å². The molecule has 0 saturated heterocycles. The molecular weight excluding hydrogens is 390 g/mol. The highest BCUT2D eigenvalue weighted by Gasteiger charge is 2.31. The SMILES string of the molecule is CCCCC[C@H]1CC[C@H](C2CCC(COc3ccc(CCCC)c(F)c3F)CC2)CC1. The van der Waals surface area contributed by atoms with Gasteiger partial charge in [-0.05, 0) is 86.7 Å². The van der Waals surface area contributed by atoms with E-state index in [0.717, 1.165) is 30.6 Å². The predicted octanol–water partition coefficient (Wildman–Crippen LogP) is 8.88. The molecule has 3 heteroatoms. The fourth-order valence-corrected chi connectivity index (χ4v) is 5.91. The molecule has 0 amide bonds. The van der Waals surface area contributed by atoms with Crippen LogP contribution < -0.4 is 4.74 Å². The highest BCUT2D eigenvalue weighted by Crippen LogP contribution is 2.42. The molecule has 2 aliphatic carbocycles. The molecule has 1 aromatic carbocycles. The van der Waals surface area contributed by atoms with Crippen molar-refractivity contribution in [3.8, 4) is 5.75 Å². The lowest BCUT2D eigenvalue weighted by molar-refractivity contribution is 0.120. The molecule has 0 spiro atoms. The summed E-state index contributed by atoms with van der Waals surface area (Å²) in [5.74, 6) is 1.81. The molecule has 0 N–H and O–H groups in total. The lowest BCUT2D eigenvalue weighted by Gasteiger charge is -2.38. The van der Waals surface area contributed by atoms with E-state index in [9.17, 15) is 8.78 Å². The standard InChI is InChI=1S/C28H44F2O/c1-3-5-7-8-21-10-14-23(15-11-21)24-16-12-22(13-17-24)20-31-26-19-18-25(9-6-4-2)27(29)28(26)30/h18-19,21-24H,3-17,20H2,1-2H3/t21-,22?,23-,24?. The molecule has 0 aliphatic heterocycles. The summed E-state index contributed by atoms with van der Waals surface area (Å²) >= 11 is 0. The molecule has 1 nitrogen and oxygen atoms in total. The predicted molar refractivity (Wildman–Crippen MR) is 126 cm³/mol. The lowest BCUT2D eigenvalue weighted by atomic mass is 9.69. The second-order valence-electron chi connectivity index (χ2n) is 10.3. The van der Waals surface area contributed by atoms with Crippen LogP contribution >= 0.6 is 0 Å². The number of hydrogen-bond donors (Lipinski definition) is 0. The first kappa shape index (κ1) is 24.5. The van der Waals surface area contributed by atoms with Crippen LogP contribution in [-0.2, 0) is 6.42 Å². The average molecular weight is 435 g/mol. The van der Waals surface area contributed by atoms with Gasteiger partial charge < -0.3 is 4.74 Å². The molecule has 176 valence electrons. The highest BCUT2D eigenvalue weighted by atomic mass is 19.2. The summed E-state index contributed by atoms with van der Waals surface area (Å²) in [6.45, 7) is 4.86.